The summed E-state index contributed by atoms with van der Waals surface area (Å²) in [6.45, 7) is 3.28. The van der Waals surface area contributed by atoms with Gasteiger partial charge in [-0.05, 0) is 23.6 Å². The van der Waals surface area contributed by atoms with Crippen molar-refractivity contribution in [3.8, 4) is 5.75 Å². The molecule has 2 fully saturated rings. The molecule has 0 aliphatic carbocycles. The summed E-state index contributed by atoms with van der Waals surface area (Å²) < 4.78 is 5.71. The van der Waals surface area contributed by atoms with Crippen LogP contribution >= 0.6 is 12.4 Å². The van der Waals surface area contributed by atoms with Crippen molar-refractivity contribution in [1.29, 1.82) is 0 Å². The molecule has 2 aliphatic rings. The van der Waals surface area contributed by atoms with Crippen LogP contribution in [0.4, 0.5) is 0 Å². The molecule has 1 amide bonds. The van der Waals surface area contributed by atoms with Crippen molar-refractivity contribution in [2.45, 2.75) is 12.5 Å². The molecule has 1 N–H and O–H groups in total. The second kappa shape index (κ2) is 8.56. The Hall–Kier alpha value is -2.04. The van der Waals surface area contributed by atoms with E-state index in [0.29, 0.717) is 24.9 Å². The van der Waals surface area contributed by atoms with Gasteiger partial charge >= 0.3 is 0 Å². The first-order valence-electron chi connectivity index (χ1n) is 9.06. The van der Waals surface area contributed by atoms with Gasteiger partial charge in [-0.3, -0.25) is 4.79 Å². The number of rotatable bonds is 5. The topological polar surface area (TPSA) is 41.6 Å². The maximum absolute atomic E-state index is 12.9. The molecule has 4 rings (SSSR count). The van der Waals surface area contributed by atoms with Crippen molar-refractivity contribution < 1.29 is 9.53 Å². The largest absolute Gasteiger partial charge is 0.493 e. The first kappa shape index (κ1) is 18.7. The number of hydrogen-bond acceptors (Lipinski definition) is 3. The van der Waals surface area contributed by atoms with Gasteiger partial charge in [-0.2, -0.15) is 0 Å². The van der Waals surface area contributed by atoms with Crippen LogP contribution < -0.4 is 10.1 Å². The second-order valence-corrected chi connectivity index (χ2v) is 6.90. The van der Waals surface area contributed by atoms with Gasteiger partial charge in [0.25, 0.3) is 0 Å². The average molecular weight is 373 g/mol. The summed E-state index contributed by atoms with van der Waals surface area (Å²) in [7, 11) is 0. The fourth-order valence-electron chi connectivity index (χ4n) is 4.17. The lowest BCUT2D eigenvalue weighted by Gasteiger charge is -2.28. The van der Waals surface area contributed by atoms with Crippen molar-refractivity contribution >= 4 is 18.3 Å². The first-order valence-corrected chi connectivity index (χ1v) is 9.06. The number of carbonyl (C=O) groups excluding carboxylic acids is 1. The van der Waals surface area contributed by atoms with E-state index in [0.717, 1.165) is 25.4 Å². The van der Waals surface area contributed by atoms with E-state index >= 15 is 0 Å². The minimum atomic E-state index is 0. The minimum absolute atomic E-state index is 0. The normalized spacial score (nSPS) is 24.0. The van der Waals surface area contributed by atoms with Crippen molar-refractivity contribution in [2.24, 2.45) is 11.8 Å². The summed E-state index contributed by atoms with van der Waals surface area (Å²) in [6, 6.07) is 20.3. The van der Waals surface area contributed by atoms with Crippen LogP contribution in [0.15, 0.2) is 60.7 Å². The van der Waals surface area contributed by atoms with Crippen LogP contribution in [0.2, 0.25) is 0 Å². The molecule has 2 heterocycles. The number of amides is 1. The molecule has 4 nitrogen and oxygen atoms in total. The van der Waals surface area contributed by atoms with Gasteiger partial charge in [-0.1, -0.05) is 48.5 Å². The zero-order valence-corrected chi connectivity index (χ0v) is 15.5. The standard InChI is InChI=1S/C21H24N2O2.ClH/c24-20(11-12-25-18-9-5-2-6-10-18)23-15-17-13-22-14-19(17)21(23)16-7-3-1-4-8-16;/h1-10,17,19,21-22H,11-15H2;1H/t17-,19-,21+;/m0./s1. The van der Waals surface area contributed by atoms with Crippen LogP contribution in [-0.4, -0.2) is 37.0 Å². The van der Waals surface area contributed by atoms with Crippen LogP contribution in [0.25, 0.3) is 0 Å². The monoisotopic (exact) mass is 372 g/mol. The first-order chi connectivity index (χ1) is 12.3. The number of benzene rings is 2. The van der Waals surface area contributed by atoms with Gasteiger partial charge in [-0.25, -0.2) is 0 Å². The van der Waals surface area contributed by atoms with E-state index in [1.807, 2.05) is 36.4 Å². The highest BCUT2D eigenvalue weighted by Crippen LogP contribution is 2.42. The Labute approximate surface area is 160 Å². The fraction of sp³-hybridized carbons (Fsp3) is 0.381. The van der Waals surface area contributed by atoms with Gasteiger partial charge in [-0.15, -0.1) is 12.4 Å². The van der Waals surface area contributed by atoms with E-state index in [1.54, 1.807) is 0 Å². The highest BCUT2D eigenvalue weighted by Gasteiger charge is 2.46. The third-order valence-electron chi connectivity index (χ3n) is 5.35. The number of halogens is 1. The summed E-state index contributed by atoms with van der Waals surface area (Å²) in [6.07, 6.45) is 0.422. The van der Waals surface area contributed by atoms with Crippen molar-refractivity contribution in [1.82, 2.24) is 10.2 Å². The summed E-state index contributed by atoms with van der Waals surface area (Å²) in [5, 5.41) is 3.49. The van der Waals surface area contributed by atoms with E-state index in [1.165, 1.54) is 5.56 Å². The molecule has 2 aromatic carbocycles. The van der Waals surface area contributed by atoms with Crippen LogP contribution in [0.1, 0.15) is 18.0 Å². The molecule has 26 heavy (non-hydrogen) atoms. The van der Waals surface area contributed by atoms with Gasteiger partial charge in [0.1, 0.15) is 5.75 Å². The van der Waals surface area contributed by atoms with Gasteiger partial charge in [0, 0.05) is 25.6 Å². The minimum Gasteiger partial charge on any atom is -0.493 e. The molecule has 2 aliphatic heterocycles. The predicted molar refractivity (Wildman–Crippen MR) is 105 cm³/mol. The fourth-order valence-corrected chi connectivity index (χ4v) is 4.17. The number of fused-ring (bicyclic) bond motifs is 1. The molecule has 0 radical (unpaired) electrons. The lowest BCUT2D eigenvalue weighted by molar-refractivity contribution is -0.133. The van der Waals surface area contributed by atoms with Gasteiger partial charge in [0.15, 0.2) is 0 Å². The molecular weight excluding hydrogens is 348 g/mol. The number of likely N-dealkylation sites (tertiary alicyclic amines) is 1. The lowest BCUT2D eigenvalue weighted by Crippen LogP contribution is -2.35. The zero-order chi connectivity index (χ0) is 17.1. The van der Waals surface area contributed by atoms with Gasteiger partial charge in [0.05, 0.1) is 19.1 Å². The number of nitrogens with zero attached hydrogens (tertiary/aromatic N) is 1. The van der Waals surface area contributed by atoms with Crippen LogP contribution in [-0.2, 0) is 4.79 Å². The van der Waals surface area contributed by atoms with E-state index in [2.05, 4.69) is 34.5 Å². The van der Waals surface area contributed by atoms with Crippen molar-refractivity contribution in [2.75, 3.05) is 26.2 Å². The Morgan fingerprint density at radius 1 is 1.04 bits per heavy atom. The van der Waals surface area contributed by atoms with Crippen molar-refractivity contribution in [3.63, 3.8) is 0 Å². The van der Waals surface area contributed by atoms with Crippen LogP contribution in [0, 0.1) is 11.8 Å². The summed E-state index contributed by atoms with van der Waals surface area (Å²) in [4.78, 5) is 15.0. The molecular formula is C21H25ClN2O2. The highest BCUT2D eigenvalue weighted by molar-refractivity contribution is 5.85. The lowest BCUT2D eigenvalue weighted by atomic mass is 9.89. The third-order valence-corrected chi connectivity index (χ3v) is 5.35. The SMILES string of the molecule is Cl.O=C(CCOc1ccccc1)N1C[C@@H]2CNC[C@@H]2[C@H]1c1ccccc1. The summed E-state index contributed by atoms with van der Waals surface area (Å²) in [5.41, 5.74) is 1.25. The van der Waals surface area contributed by atoms with E-state index in [4.69, 9.17) is 4.74 Å². The quantitative estimate of drug-likeness (QED) is 0.875. The van der Waals surface area contributed by atoms with Crippen LogP contribution in [0.3, 0.4) is 0 Å². The molecule has 2 saturated heterocycles. The highest BCUT2D eigenvalue weighted by atomic mass is 35.5. The smallest absolute Gasteiger partial charge is 0.226 e. The maximum atomic E-state index is 12.9. The van der Waals surface area contributed by atoms with E-state index in [9.17, 15) is 4.79 Å². The van der Waals surface area contributed by atoms with E-state index < -0.39 is 0 Å². The molecule has 0 saturated carbocycles. The molecule has 0 bridgehead atoms. The number of nitrogens with one attached hydrogen (secondary N) is 1. The summed E-state index contributed by atoms with van der Waals surface area (Å²) >= 11 is 0. The number of carbonyl (C=O) groups is 1. The third kappa shape index (κ3) is 3.87. The second-order valence-electron chi connectivity index (χ2n) is 6.90. The maximum Gasteiger partial charge on any atom is 0.226 e. The Morgan fingerprint density at radius 3 is 2.46 bits per heavy atom. The molecule has 5 heteroatoms. The Kier molecular flexibility index (Phi) is 6.17. The predicted octanol–water partition coefficient (Wildman–Crippen LogP) is 3.30. The number of para-hydroxylation sites is 1. The van der Waals surface area contributed by atoms with E-state index in [-0.39, 0.29) is 24.4 Å². The van der Waals surface area contributed by atoms with Crippen molar-refractivity contribution in [3.05, 3.63) is 66.2 Å². The average Bonchev–Trinajstić information content (AvgIpc) is 3.24. The number of hydrogen-bond donors (Lipinski definition) is 1. The summed E-state index contributed by atoms with van der Waals surface area (Å²) in [5.74, 6) is 2.09. The Morgan fingerprint density at radius 2 is 1.73 bits per heavy atom. The van der Waals surface area contributed by atoms with Crippen LogP contribution in [0.5, 0.6) is 5.75 Å². The van der Waals surface area contributed by atoms with Gasteiger partial charge in [0.2, 0.25) is 5.91 Å². The molecule has 0 spiro atoms. The molecule has 0 unspecified atom stereocenters. The molecule has 138 valence electrons. The Balaban J connectivity index is 0.00000196. The van der Waals surface area contributed by atoms with Gasteiger partial charge < -0.3 is 15.0 Å². The number of ether oxygens (including phenoxy) is 1. The molecule has 3 atom stereocenters. The molecule has 2 aromatic rings. The zero-order valence-electron chi connectivity index (χ0n) is 14.7. The molecule has 0 aromatic heterocycles. The Bertz CT molecular complexity index is 710.